The predicted molar refractivity (Wildman–Crippen MR) is 64.4 cm³/mol. The summed E-state index contributed by atoms with van der Waals surface area (Å²) < 4.78 is 4.95. The molecule has 0 saturated heterocycles. The number of esters is 1. The van der Waals surface area contributed by atoms with Crippen molar-refractivity contribution < 1.29 is 9.53 Å². The van der Waals surface area contributed by atoms with Gasteiger partial charge < -0.3 is 9.64 Å². The average Bonchev–Trinajstić information content (AvgIpc) is 2.27. The molecule has 0 spiro atoms. The molecule has 4 heteroatoms. The van der Waals surface area contributed by atoms with E-state index in [0.29, 0.717) is 18.6 Å². The summed E-state index contributed by atoms with van der Waals surface area (Å²) in [6.45, 7) is 2.21. The maximum Gasteiger partial charge on any atom is 0.334 e. The molecule has 1 atom stereocenters. The van der Waals surface area contributed by atoms with Gasteiger partial charge >= 0.3 is 5.97 Å². The molecule has 1 unspecified atom stereocenters. The minimum absolute atomic E-state index is 0.0341. The van der Waals surface area contributed by atoms with Gasteiger partial charge in [-0.25, -0.2) is 4.79 Å². The lowest BCUT2D eigenvalue weighted by atomic mass is 10.0. The van der Waals surface area contributed by atoms with Crippen LogP contribution in [-0.4, -0.2) is 44.0 Å². The van der Waals surface area contributed by atoms with Crippen LogP contribution in [0.5, 0.6) is 0 Å². The largest absolute Gasteiger partial charge is 0.463 e. The number of carbonyl (C=O) groups is 1. The van der Waals surface area contributed by atoms with Crippen molar-refractivity contribution in [2.24, 2.45) is 4.99 Å². The summed E-state index contributed by atoms with van der Waals surface area (Å²) in [5.74, 6) is -0.239. The van der Waals surface area contributed by atoms with Gasteiger partial charge in [0.05, 0.1) is 19.0 Å². The molecule has 1 aliphatic carbocycles. The lowest BCUT2D eigenvalue weighted by Gasteiger charge is -2.14. The van der Waals surface area contributed by atoms with E-state index < -0.39 is 0 Å². The first kappa shape index (κ1) is 12.5. The Balaban J connectivity index is 2.56. The Hall–Kier alpha value is -1.58. The molecule has 1 rings (SSSR count). The number of nitrogens with zero attached hydrogens (tertiary/aromatic N) is 2. The van der Waals surface area contributed by atoms with Crippen molar-refractivity contribution in [1.29, 1.82) is 0 Å². The molecule has 88 valence electrons. The molecule has 0 aromatic rings. The Morgan fingerprint density at radius 3 is 3.06 bits per heavy atom. The highest BCUT2D eigenvalue weighted by Crippen LogP contribution is 2.16. The topological polar surface area (TPSA) is 41.9 Å². The molecule has 0 saturated carbocycles. The fraction of sp³-hybridized carbons (Fsp3) is 0.500. The van der Waals surface area contributed by atoms with Crippen LogP contribution in [0.3, 0.4) is 0 Å². The predicted octanol–water partition coefficient (Wildman–Crippen LogP) is 1.39. The first-order valence-corrected chi connectivity index (χ1v) is 5.37. The van der Waals surface area contributed by atoms with Crippen LogP contribution < -0.4 is 0 Å². The Bertz CT molecular complexity index is 330. The Labute approximate surface area is 96.3 Å². The molecule has 0 N–H and O–H groups in total. The van der Waals surface area contributed by atoms with Crippen molar-refractivity contribution in [3.63, 3.8) is 0 Å². The van der Waals surface area contributed by atoms with Crippen molar-refractivity contribution in [1.82, 2.24) is 4.90 Å². The number of ether oxygens (including phenoxy) is 1. The monoisotopic (exact) mass is 222 g/mol. The molecule has 0 bridgehead atoms. The highest BCUT2D eigenvalue weighted by Gasteiger charge is 2.16. The summed E-state index contributed by atoms with van der Waals surface area (Å²) >= 11 is 0. The van der Waals surface area contributed by atoms with Gasteiger partial charge in [0.25, 0.3) is 0 Å². The van der Waals surface area contributed by atoms with E-state index in [9.17, 15) is 4.79 Å². The number of hydrogen-bond acceptors (Lipinski definition) is 3. The van der Waals surface area contributed by atoms with Crippen LogP contribution in [0, 0.1) is 0 Å². The number of rotatable bonds is 4. The van der Waals surface area contributed by atoms with Crippen LogP contribution in [-0.2, 0) is 9.53 Å². The van der Waals surface area contributed by atoms with E-state index in [-0.39, 0.29) is 12.0 Å². The number of aliphatic imine (C=N–C) groups is 1. The van der Waals surface area contributed by atoms with Crippen LogP contribution in [0.1, 0.15) is 13.3 Å². The normalized spacial score (nSPS) is 19.7. The summed E-state index contributed by atoms with van der Waals surface area (Å²) in [5.41, 5.74) is 0.685. The highest BCUT2D eigenvalue weighted by molar-refractivity contribution is 5.89. The summed E-state index contributed by atoms with van der Waals surface area (Å²) in [5, 5.41) is 0. The molecular weight excluding hydrogens is 204 g/mol. The van der Waals surface area contributed by atoms with Crippen LogP contribution in [0.4, 0.5) is 0 Å². The lowest BCUT2D eigenvalue weighted by molar-refractivity contribution is -0.138. The quantitative estimate of drug-likeness (QED) is 0.410. The van der Waals surface area contributed by atoms with Crippen molar-refractivity contribution in [2.45, 2.75) is 19.4 Å². The first-order valence-electron chi connectivity index (χ1n) is 5.37. The van der Waals surface area contributed by atoms with Gasteiger partial charge in [0.2, 0.25) is 0 Å². The Morgan fingerprint density at radius 2 is 2.44 bits per heavy atom. The SMILES string of the molecule is CCOC(=O)C1=CC=CC(N=CN(C)C)C1. The van der Waals surface area contributed by atoms with Gasteiger partial charge in [0.15, 0.2) is 0 Å². The molecule has 0 aliphatic heterocycles. The van der Waals surface area contributed by atoms with Gasteiger partial charge in [0, 0.05) is 26.1 Å². The molecule has 1 aliphatic rings. The van der Waals surface area contributed by atoms with E-state index in [2.05, 4.69) is 4.99 Å². The summed E-state index contributed by atoms with van der Waals surface area (Å²) in [6.07, 6.45) is 7.98. The standard InChI is InChI=1S/C12H18N2O2/c1-4-16-12(15)10-6-5-7-11(8-10)13-9-14(2)3/h5-7,9,11H,4,8H2,1-3H3. The van der Waals surface area contributed by atoms with E-state index in [0.717, 1.165) is 0 Å². The summed E-state index contributed by atoms with van der Waals surface area (Å²) in [6, 6.07) is 0.0341. The molecule has 0 aromatic heterocycles. The van der Waals surface area contributed by atoms with Crippen molar-refractivity contribution in [3.05, 3.63) is 23.8 Å². The smallest absolute Gasteiger partial charge is 0.334 e. The molecule has 16 heavy (non-hydrogen) atoms. The first-order chi connectivity index (χ1) is 7.63. The van der Waals surface area contributed by atoms with Crippen LogP contribution >= 0.6 is 0 Å². The van der Waals surface area contributed by atoms with E-state index >= 15 is 0 Å². The number of hydrogen-bond donors (Lipinski definition) is 0. The minimum atomic E-state index is -0.239. The van der Waals surface area contributed by atoms with Crippen LogP contribution in [0.15, 0.2) is 28.8 Å². The molecule has 0 amide bonds. The molecular formula is C12H18N2O2. The molecule has 0 fully saturated rings. The maximum absolute atomic E-state index is 11.5. The molecule has 0 heterocycles. The molecule has 0 aromatic carbocycles. The van der Waals surface area contributed by atoms with E-state index in [1.807, 2.05) is 31.1 Å². The van der Waals surface area contributed by atoms with E-state index in [4.69, 9.17) is 4.74 Å². The third-order valence-electron chi connectivity index (χ3n) is 2.09. The van der Waals surface area contributed by atoms with Crippen molar-refractivity contribution in [3.8, 4) is 0 Å². The third kappa shape index (κ3) is 3.88. The summed E-state index contributed by atoms with van der Waals surface area (Å²) in [4.78, 5) is 17.7. The van der Waals surface area contributed by atoms with Gasteiger partial charge in [-0.1, -0.05) is 18.2 Å². The van der Waals surface area contributed by atoms with Gasteiger partial charge in [-0.15, -0.1) is 0 Å². The van der Waals surface area contributed by atoms with Gasteiger partial charge in [0.1, 0.15) is 0 Å². The lowest BCUT2D eigenvalue weighted by Crippen LogP contribution is -2.17. The van der Waals surface area contributed by atoms with Crippen molar-refractivity contribution >= 4 is 12.3 Å². The Morgan fingerprint density at radius 1 is 1.69 bits per heavy atom. The van der Waals surface area contributed by atoms with Gasteiger partial charge in [-0.2, -0.15) is 0 Å². The zero-order valence-corrected chi connectivity index (χ0v) is 10.0. The maximum atomic E-state index is 11.5. The van der Waals surface area contributed by atoms with E-state index in [1.165, 1.54) is 0 Å². The van der Waals surface area contributed by atoms with E-state index in [1.54, 1.807) is 19.3 Å². The molecule has 4 nitrogen and oxygen atoms in total. The number of allylic oxidation sites excluding steroid dienone is 2. The average molecular weight is 222 g/mol. The van der Waals surface area contributed by atoms with Gasteiger partial charge in [-0.05, 0) is 6.92 Å². The van der Waals surface area contributed by atoms with Gasteiger partial charge in [-0.3, -0.25) is 4.99 Å². The summed E-state index contributed by atoms with van der Waals surface area (Å²) in [7, 11) is 3.83. The van der Waals surface area contributed by atoms with Crippen molar-refractivity contribution in [2.75, 3.05) is 20.7 Å². The third-order valence-corrected chi connectivity index (χ3v) is 2.09. The zero-order chi connectivity index (χ0) is 12.0. The second kappa shape index (κ2) is 6.10. The zero-order valence-electron chi connectivity index (χ0n) is 10.0. The minimum Gasteiger partial charge on any atom is -0.463 e. The highest BCUT2D eigenvalue weighted by atomic mass is 16.5. The fourth-order valence-corrected chi connectivity index (χ4v) is 1.36. The number of carbonyl (C=O) groups excluding carboxylic acids is 1. The van der Waals surface area contributed by atoms with Crippen LogP contribution in [0.2, 0.25) is 0 Å². The second-order valence-electron chi connectivity index (χ2n) is 3.80. The Kier molecular flexibility index (Phi) is 4.76. The molecule has 0 radical (unpaired) electrons. The fourth-order valence-electron chi connectivity index (χ4n) is 1.36. The second-order valence-corrected chi connectivity index (χ2v) is 3.80. The van der Waals surface area contributed by atoms with Crippen LogP contribution in [0.25, 0.3) is 0 Å².